The number of pyridine rings is 2. The summed E-state index contributed by atoms with van der Waals surface area (Å²) in [4.78, 5) is 25.8. The summed E-state index contributed by atoms with van der Waals surface area (Å²) in [6.45, 7) is 14.3. The van der Waals surface area contributed by atoms with E-state index in [0.29, 0.717) is 68.6 Å². The van der Waals surface area contributed by atoms with Crippen LogP contribution in [-0.2, 0) is 40.7 Å². The second kappa shape index (κ2) is 27.0. The van der Waals surface area contributed by atoms with E-state index in [4.69, 9.17) is 37.9 Å². The van der Waals surface area contributed by atoms with E-state index in [0.717, 1.165) is 11.1 Å². The van der Waals surface area contributed by atoms with Gasteiger partial charge in [0.1, 0.15) is 58.1 Å². The van der Waals surface area contributed by atoms with E-state index >= 15 is 0 Å². The van der Waals surface area contributed by atoms with Gasteiger partial charge in [-0.05, 0) is 103 Å². The van der Waals surface area contributed by atoms with Crippen molar-refractivity contribution in [2.45, 2.75) is 102 Å². The Morgan fingerprint density at radius 2 is 0.780 bits per heavy atom. The Morgan fingerprint density at radius 3 is 1.06 bits per heavy atom. The van der Waals surface area contributed by atoms with Crippen molar-refractivity contribution in [2.24, 2.45) is 0 Å². The first kappa shape index (κ1) is 61.4. The first-order chi connectivity index (χ1) is 39.2. The highest BCUT2D eigenvalue weighted by Crippen LogP contribution is 2.40. The number of hydrogen-bond donors (Lipinski definition) is 0. The predicted octanol–water partition coefficient (Wildman–Crippen LogP) is 7.85. The minimum Gasteiger partial charge on any atom is -0.494 e. The van der Waals surface area contributed by atoms with Gasteiger partial charge in [0, 0.05) is 35.9 Å². The maximum atomic E-state index is 14.0. The third-order valence-electron chi connectivity index (χ3n) is 12.7. The zero-order chi connectivity index (χ0) is 59.5. The Kier molecular flexibility index (Phi) is 20.3. The first-order valence-corrected chi connectivity index (χ1v) is 29.2. The summed E-state index contributed by atoms with van der Waals surface area (Å²) < 4.78 is 104. The lowest BCUT2D eigenvalue weighted by Gasteiger charge is -2.25. The Morgan fingerprint density at radius 1 is 0.451 bits per heavy atom. The molecule has 0 fully saturated rings. The van der Waals surface area contributed by atoms with Crippen molar-refractivity contribution in [3.63, 3.8) is 0 Å². The molecule has 0 spiro atoms. The van der Waals surface area contributed by atoms with Crippen LogP contribution in [0.4, 0.5) is 0 Å². The molecule has 0 unspecified atom stereocenters. The highest BCUT2D eigenvalue weighted by atomic mass is 32.2. The molecule has 0 saturated carbocycles. The normalized spacial score (nSPS) is 13.2. The molecule has 0 amide bonds. The van der Waals surface area contributed by atoms with Crippen LogP contribution in [0.25, 0.3) is 34.2 Å². The Balaban J connectivity index is 0.000000236. The minimum atomic E-state index is -3.93. The minimum absolute atomic E-state index is 0.162. The molecule has 6 aromatic heterocycles. The van der Waals surface area contributed by atoms with E-state index in [9.17, 15) is 16.8 Å². The molecule has 0 N–H and O–H groups in total. The third-order valence-corrected chi connectivity index (χ3v) is 16.8. The van der Waals surface area contributed by atoms with Gasteiger partial charge in [-0.25, -0.2) is 36.8 Å². The van der Waals surface area contributed by atoms with Crippen LogP contribution in [0.2, 0.25) is 0 Å². The molecular formula is C56H68N12O12S2. The summed E-state index contributed by atoms with van der Waals surface area (Å²) in [5.41, 5.74) is 4.03. The second-order valence-electron chi connectivity index (χ2n) is 19.3. The quantitative estimate of drug-likeness (QED) is 0.0556. The van der Waals surface area contributed by atoms with E-state index in [2.05, 4.69) is 50.3 Å². The fourth-order valence-corrected chi connectivity index (χ4v) is 11.4. The van der Waals surface area contributed by atoms with Crippen molar-refractivity contribution in [1.82, 2.24) is 59.4 Å². The van der Waals surface area contributed by atoms with E-state index in [1.165, 1.54) is 67.4 Å². The molecule has 0 radical (unpaired) electrons. The molecule has 26 heteroatoms. The fourth-order valence-electron chi connectivity index (χ4n) is 8.63. The van der Waals surface area contributed by atoms with Gasteiger partial charge in [-0.2, -0.15) is 0 Å². The zero-order valence-corrected chi connectivity index (χ0v) is 49.8. The molecule has 0 aliphatic carbocycles. The molecule has 6 heterocycles. The highest BCUT2D eigenvalue weighted by molar-refractivity contribution is 7.91. The number of methoxy groups -OCH3 is 6. The van der Waals surface area contributed by atoms with Gasteiger partial charge >= 0.3 is 0 Å². The van der Waals surface area contributed by atoms with Gasteiger partial charge < -0.3 is 37.9 Å². The van der Waals surface area contributed by atoms with E-state index in [-0.39, 0.29) is 35.5 Å². The molecule has 0 saturated heterocycles. The summed E-state index contributed by atoms with van der Waals surface area (Å²) >= 11 is 0. The van der Waals surface area contributed by atoms with Gasteiger partial charge in [0.2, 0.25) is 0 Å². The van der Waals surface area contributed by atoms with Crippen LogP contribution < -0.4 is 28.4 Å². The average molecular weight is 1170 g/mol. The topological polar surface area (TPSA) is 281 Å². The molecule has 24 nitrogen and oxygen atoms in total. The van der Waals surface area contributed by atoms with Crippen molar-refractivity contribution >= 4 is 19.7 Å². The summed E-state index contributed by atoms with van der Waals surface area (Å²) in [5, 5.41) is 15.4. The molecule has 8 rings (SSSR count). The Bertz CT molecular complexity index is 3370. The van der Waals surface area contributed by atoms with Gasteiger partial charge in [-0.1, -0.05) is 12.1 Å². The maximum absolute atomic E-state index is 14.0. The molecule has 8 aromatic rings. The van der Waals surface area contributed by atoms with E-state index in [1.807, 2.05) is 53.7 Å². The smallest absolute Gasteiger partial charge is 0.170 e. The van der Waals surface area contributed by atoms with Gasteiger partial charge in [0.15, 0.2) is 66.1 Å². The monoisotopic (exact) mass is 1160 g/mol. The van der Waals surface area contributed by atoms with Crippen molar-refractivity contribution in [3.8, 4) is 68.6 Å². The van der Waals surface area contributed by atoms with Crippen LogP contribution in [0.1, 0.15) is 88.2 Å². The standard InChI is InChI=1S/2C28H34N6O6S/c2*1-17(2)40-26(27-30-14-21(37-5)15-31-27)19(4)41(35,36)16-24-32-33-28(20-11-18(3)12-29-13-20)34(24)25-22(38-6)9-8-10-23(25)39-7/h2*8-15,17,19,26H,16H2,1-7H3/t2*19-,26+/m10/s1. The number of nitrogens with zero attached hydrogens (tertiary/aromatic N) is 12. The van der Waals surface area contributed by atoms with Gasteiger partial charge in [-0.15, -0.1) is 20.4 Å². The number of benzene rings is 2. The molecule has 4 atom stereocenters. The predicted molar refractivity (Wildman–Crippen MR) is 304 cm³/mol. The number of sulfone groups is 2. The lowest BCUT2D eigenvalue weighted by molar-refractivity contribution is 0.00115. The highest BCUT2D eigenvalue weighted by Gasteiger charge is 2.38. The summed E-state index contributed by atoms with van der Waals surface area (Å²) in [6.07, 6.45) is 10.2. The largest absolute Gasteiger partial charge is 0.494 e. The second-order valence-corrected chi connectivity index (χ2v) is 24.0. The van der Waals surface area contributed by atoms with Crippen LogP contribution in [0.3, 0.4) is 0 Å². The van der Waals surface area contributed by atoms with Crippen molar-refractivity contribution in [3.05, 3.63) is 133 Å². The third kappa shape index (κ3) is 14.1. The van der Waals surface area contributed by atoms with Gasteiger partial charge in [-0.3, -0.25) is 19.1 Å². The molecular weight excluding hydrogens is 1100 g/mol. The number of hydrogen-bond acceptors (Lipinski definition) is 22. The number of aromatic nitrogens is 12. The molecule has 0 aliphatic heterocycles. The maximum Gasteiger partial charge on any atom is 0.170 e. The van der Waals surface area contributed by atoms with E-state index in [1.54, 1.807) is 84.2 Å². The fraction of sp³-hybridized carbons (Fsp3) is 0.393. The number of para-hydroxylation sites is 2. The number of rotatable bonds is 24. The summed E-state index contributed by atoms with van der Waals surface area (Å²) in [5.74, 6) is 3.33. The Hall–Kier alpha value is -8.20. The van der Waals surface area contributed by atoms with E-state index < -0.39 is 53.9 Å². The first-order valence-electron chi connectivity index (χ1n) is 25.8. The van der Waals surface area contributed by atoms with Gasteiger partial charge in [0.05, 0.1) is 90.2 Å². The van der Waals surface area contributed by atoms with Crippen LogP contribution in [0, 0.1) is 13.8 Å². The Labute approximate surface area is 477 Å². The summed E-state index contributed by atoms with van der Waals surface area (Å²) in [7, 11) is 1.25. The number of aryl methyl sites for hydroxylation is 2. The molecule has 82 heavy (non-hydrogen) atoms. The van der Waals surface area contributed by atoms with Crippen molar-refractivity contribution < 1.29 is 54.7 Å². The lowest BCUT2D eigenvalue weighted by atomic mass is 10.2. The number of ether oxygens (including phenoxy) is 8. The van der Waals surface area contributed by atoms with Crippen LogP contribution in [0.15, 0.2) is 98.1 Å². The molecule has 2 aromatic carbocycles. The zero-order valence-electron chi connectivity index (χ0n) is 48.2. The van der Waals surface area contributed by atoms with Crippen LogP contribution in [-0.4, -0.2) is 142 Å². The molecule has 0 aliphatic rings. The lowest BCUT2D eigenvalue weighted by Crippen LogP contribution is -2.32. The summed E-state index contributed by atoms with van der Waals surface area (Å²) in [6, 6.07) is 14.4. The van der Waals surface area contributed by atoms with Crippen LogP contribution in [0.5, 0.6) is 34.5 Å². The molecule has 436 valence electrons. The van der Waals surface area contributed by atoms with Crippen molar-refractivity contribution in [1.29, 1.82) is 0 Å². The van der Waals surface area contributed by atoms with Gasteiger partial charge in [0.25, 0.3) is 0 Å². The molecule has 0 bridgehead atoms. The SMILES string of the molecule is COc1cnc([C@@H](OC(C)C)[C@@H](C)S(=O)(=O)Cc2nnc(-c3cncc(C)c3)n2-c2c(OC)cccc2OC)nc1.COc1cnc([C@H](OC(C)C)[C@H](C)S(=O)(=O)Cc2nnc(-c3cncc(C)c3)n2-c2c(OC)cccc2OC)nc1. The van der Waals surface area contributed by atoms with Crippen molar-refractivity contribution in [2.75, 3.05) is 42.7 Å². The van der Waals surface area contributed by atoms with Crippen LogP contribution >= 0.6 is 0 Å². The average Bonchev–Trinajstić information content (AvgIpc) is 4.14.